The first-order chi connectivity index (χ1) is 12.9. The Kier molecular flexibility index (Phi) is 10.4. The van der Waals surface area contributed by atoms with Crippen molar-refractivity contribution in [3.05, 3.63) is 0 Å². The lowest BCUT2D eigenvalue weighted by molar-refractivity contribution is -0.139. The van der Waals surface area contributed by atoms with E-state index in [4.69, 9.17) is 4.74 Å². The average molecular weight is 382 g/mol. The van der Waals surface area contributed by atoms with Crippen molar-refractivity contribution in [3.8, 4) is 0 Å². The van der Waals surface area contributed by atoms with Gasteiger partial charge in [-0.3, -0.25) is 24.1 Å². The fourth-order valence-electron chi connectivity index (χ4n) is 3.50. The quantitative estimate of drug-likeness (QED) is 0.453. The zero-order chi connectivity index (χ0) is 20.4. The predicted octanol–water partition coefficient (Wildman–Crippen LogP) is 3.17. The molecular formula is C21H35NO5. The summed E-state index contributed by atoms with van der Waals surface area (Å²) in [6.07, 6.45) is 4.32. The van der Waals surface area contributed by atoms with Gasteiger partial charge in [0.2, 0.25) is 11.8 Å². The number of hydrogen-bond donors (Lipinski definition) is 0. The van der Waals surface area contributed by atoms with E-state index in [9.17, 15) is 19.2 Å². The molecule has 1 aliphatic heterocycles. The first-order valence-electron chi connectivity index (χ1n) is 10.3. The number of carbonyl (C=O) groups is 4. The summed E-state index contributed by atoms with van der Waals surface area (Å²) in [5.41, 5.74) is 0. The molecule has 0 bridgehead atoms. The molecule has 0 unspecified atom stereocenters. The van der Waals surface area contributed by atoms with E-state index < -0.39 is 0 Å². The molecule has 1 saturated carbocycles. The SMILES string of the molecule is CC.CC(C)C(=O)CCOCC(=O)C1CCC(CN2C(=O)CCC2=O)CC1. The lowest BCUT2D eigenvalue weighted by atomic mass is 9.80. The van der Waals surface area contributed by atoms with Crippen LogP contribution in [0, 0.1) is 17.8 Å². The second-order valence-corrected chi connectivity index (χ2v) is 7.51. The molecule has 0 aromatic rings. The Balaban J connectivity index is 0.00000176. The smallest absolute Gasteiger partial charge is 0.229 e. The Hall–Kier alpha value is -1.56. The first kappa shape index (κ1) is 23.5. The molecule has 0 aromatic heterocycles. The molecule has 2 amide bonds. The van der Waals surface area contributed by atoms with Gasteiger partial charge in [0.05, 0.1) is 6.61 Å². The van der Waals surface area contributed by atoms with Crippen LogP contribution >= 0.6 is 0 Å². The normalized spacial score (nSPS) is 22.6. The minimum Gasteiger partial charge on any atom is -0.373 e. The number of ketones is 2. The molecule has 0 N–H and O–H groups in total. The number of hydrogen-bond acceptors (Lipinski definition) is 5. The number of ether oxygens (including phenoxy) is 1. The Bertz CT molecular complexity index is 505. The highest BCUT2D eigenvalue weighted by Gasteiger charge is 2.33. The molecule has 1 saturated heterocycles. The summed E-state index contributed by atoms with van der Waals surface area (Å²) in [7, 11) is 0. The standard InChI is InChI=1S/C19H29NO5.C2H6/c1-13(2)16(21)9-10-25-12-17(22)15-5-3-14(4-6-15)11-20-18(23)7-8-19(20)24;1-2/h13-15H,3-12H2,1-2H3;1-2H3. The van der Waals surface area contributed by atoms with Crippen molar-refractivity contribution in [1.82, 2.24) is 4.90 Å². The van der Waals surface area contributed by atoms with Crippen molar-refractivity contribution in [2.75, 3.05) is 19.8 Å². The van der Waals surface area contributed by atoms with E-state index >= 15 is 0 Å². The summed E-state index contributed by atoms with van der Waals surface area (Å²) in [5.74, 6) is 0.438. The highest BCUT2D eigenvalue weighted by molar-refractivity contribution is 6.01. The van der Waals surface area contributed by atoms with Gasteiger partial charge in [-0.25, -0.2) is 0 Å². The molecule has 154 valence electrons. The Morgan fingerprint density at radius 3 is 2.11 bits per heavy atom. The third kappa shape index (κ3) is 7.53. The number of nitrogens with zero attached hydrogens (tertiary/aromatic N) is 1. The van der Waals surface area contributed by atoms with Crippen LogP contribution in [0.4, 0.5) is 0 Å². The van der Waals surface area contributed by atoms with E-state index in [0.29, 0.717) is 38.3 Å². The van der Waals surface area contributed by atoms with Crippen LogP contribution in [0.5, 0.6) is 0 Å². The van der Waals surface area contributed by atoms with Crippen LogP contribution in [-0.4, -0.2) is 48.0 Å². The van der Waals surface area contributed by atoms with Crippen molar-refractivity contribution < 1.29 is 23.9 Å². The maximum atomic E-state index is 12.2. The number of amides is 2. The fraction of sp³-hybridized carbons (Fsp3) is 0.810. The second kappa shape index (κ2) is 12.0. The minimum atomic E-state index is -0.0625. The van der Waals surface area contributed by atoms with Gasteiger partial charge < -0.3 is 4.74 Å². The van der Waals surface area contributed by atoms with Crippen LogP contribution in [0.3, 0.4) is 0 Å². The second-order valence-electron chi connectivity index (χ2n) is 7.51. The third-order valence-corrected chi connectivity index (χ3v) is 5.28. The maximum Gasteiger partial charge on any atom is 0.229 e. The third-order valence-electron chi connectivity index (χ3n) is 5.28. The summed E-state index contributed by atoms with van der Waals surface area (Å²) >= 11 is 0. The lowest BCUT2D eigenvalue weighted by Gasteiger charge is -2.29. The number of rotatable bonds is 9. The van der Waals surface area contributed by atoms with Gasteiger partial charge in [-0.05, 0) is 31.6 Å². The van der Waals surface area contributed by atoms with Gasteiger partial charge in [0, 0.05) is 37.6 Å². The topological polar surface area (TPSA) is 80.8 Å². The van der Waals surface area contributed by atoms with Crippen LogP contribution in [0.2, 0.25) is 0 Å². The molecule has 2 rings (SSSR count). The van der Waals surface area contributed by atoms with Crippen LogP contribution < -0.4 is 0 Å². The molecule has 0 radical (unpaired) electrons. The highest BCUT2D eigenvalue weighted by Crippen LogP contribution is 2.31. The van der Waals surface area contributed by atoms with Crippen molar-refractivity contribution >= 4 is 23.4 Å². The van der Waals surface area contributed by atoms with Crippen molar-refractivity contribution in [2.24, 2.45) is 17.8 Å². The van der Waals surface area contributed by atoms with E-state index in [1.165, 1.54) is 4.90 Å². The molecular weight excluding hydrogens is 346 g/mol. The van der Waals surface area contributed by atoms with Gasteiger partial charge in [-0.2, -0.15) is 0 Å². The molecule has 0 aromatic carbocycles. The highest BCUT2D eigenvalue weighted by atomic mass is 16.5. The van der Waals surface area contributed by atoms with Crippen molar-refractivity contribution in [1.29, 1.82) is 0 Å². The monoisotopic (exact) mass is 381 g/mol. The van der Waals surface area contributed by atoms with Crippen LogP contribution in [0.25, 0.3) is 0 Å². The Labute approximate surface area is 163 Å². The van der Waals surface area contributed by atoms with Crippen molar-refractivity contribution in [2.45, 2.75) is 72.6 Å². The molecule has 2 fully saturated rings. The molecule has 1 aliphatic carbocycles. The van der Waals surface area contributed by atoms with Gasteiger partial charge in [-0.15, -0.1) is 0 Å². The lowest BCUT2D eigenvalue weighted by Crippen LogP contribution is -2.36. The average Bonchev–Trinajstić information content (AvgIpc) is 2.99. The number of carbonyl (C=O) groups excluding carboxylic acids is 4. The largest absolute Gasteiger partial charge is 0.373 e. The number of imide groups is 1. The van der Waals surface area contributed by atoms with E-state index in [-0.39, 0.29) is 41.8 Å². The van der Waals surface area contributed by atoms with Crippen molar-refractivity contribution in [3.63, 3.8) is 0 Å². The van der Waals surface area contributed by atoms with Gasteiger partial charge in [0.15, 0.2) is 5.78 Å². The molecule has 27 heavy (non-hydrogen) atoms. The maximum absolute atomic E-state index is 12.2. The summed E-state index contributed by atoms with van der Waals surface area (Å²) in [4.78, 5) is 48.4. The van der Waals surface area contributed by atoms with Crippen LogP contribution in [-0.2, 0) is 23.9 Å². The van der Waals surface area contributed by atoms with E-state index in [0.717, 1.165) is 25.7 Å². The Morgan fingerprint density at radius 1 is 1.04 bits per heavy atom. The molecule has 0 atom stereocenters. The Morgan fingerprint density at radius 2 is 1.59 bits per heavy atom. The molecule has 2 aliphatic rings. The zero-order valence-electron chi connectivity index (χ0n) is 17.3. The minimum absolute atomic E-state index is 0.00188. The predicted molar refractivity (Wildman–Crippen MR) is 103 cm³/mol. The van der Waals surface area contributed by atoms with E-state index in [1.54, 1.807) is 0 Å². The summed E-state index contributed by atoms with van der Waals surface area (Å²) in [6, 6.07) is 0. The van der Waals surface area contributed by atoms with Gasteiger partial charge in [0.25, 0.3) is 0 Å². The molecule has 6 nitrogen and oxygen atoms in total. The first-order valence-corrected chi connectivity index (χ1v) is 10.3. The van der Waals surface area contributed by atoms with Crippen LogP contribution in [0.1, 0.15) is 72.6 Å². The fourth-order valence-corrected chi connectivity index (χ4v) is 3.50. The summed E-state index contributed by atoms with van der Waals surface area (Å²) < 4.78 is 5.36. The van der Waals surface area contributed by atoms with E-state index in [2.05, 4.69) is 0 Å². The molecule has 1 heterocycles. The summed E-state index contributed by atoms with van der Waals surface area (Å²) in [5, 5.41) is 0. The van der Waals surface area contributed by atoms with Gasteiger partial charge >= 0.3 is 0 Å². The number of likely N-dealkylation sites (tertiary alicyclic amines) is 1. The van der Waals surface area contributed by atoms with Gasteiger partial charge in [0.1, 0.15) is 12.4 Å². The van der Waals surface area contributed by atoms with Crippen LogP contribution in [0.15, 0.2) is 0 Å². The number of Topliss-reactive ketones (excluding diaryl/α,β-unsaturated/α-hetero) is 2. The molecule has 6 heteroatoms. The van der Waals surface area contributed by atoms with E-state index in [1.807, 2.05) is 27.7 Å². The summed E-state index contributed by atoms with van der Waals surface area (Å²) in [6.45, 7) is 8.60. The van der Waals surface area contributed by atoms with Gasteiger partial charge in [-0.1, -0.05) is 27.7 Å². The molecule has 0 spiro atoms. The zero-order valence-corrected chi connectivity index (χ0v) is 17.3.